The topological polar surface area (TPSA) is 64.6 Å². The van der Waals surface area contributed by atoms with Gasteiger partial charge in [0.15, 0.2) is 0 Å². The molecule has 24 heavy (non-hydrogen) atoms. The molecule has 0 atom stereocenters. The van der Waals surface area contributed by atoms with Crippen molar-refractivity contribution >= 4 is 39.8 Å². The van der Waals surface area contributed by atoms with Crippen molar-refractivity contribution in [2.24, 2.45) is 0 Å². The quantitative estimate of drug-likeness (QED) is 0.833. The molecule has 3 rings (SSSR count). The Bertz CT molecular complexity index is 815. The van der Waals surface area contributed by atoms with Crippen LogP contribution in [0.1, 0.15) is 37.6 Å². The van der Waals surface area contributed by atoms with Crippen molar-refractivity contribution < 1.29 is 19.1 Å². The third kappa shape index (κ3) is 2.99. The fraction of sp³-hybridized carbons (Fsp3) is 0.294. The average molecular weight is 366 g/mol. The number of hydrogen-bond acceptors (Lipinski definition) is 5. The second-order valence-corrected chi connectivity index (χ2v) is 6.89. The van der Waals surface area contributed by atoms with E-state index in [9.17, 15) is 9.59 Å². The normalized spacial score (nSPS) is 12.6. The lowest BCUT2D eigenvalue weighted by molar-refractivity contribution is 0.0601. The predicted molar refractivity (Wildman–Crippen MR) is 93.6 cm³/mol. The van der Waals surface area contributed by atoms with Gasteiger partial charge in [0.1, 0.15) is 10.8 Å². The van der Waals surface area contributed by atoms with Gasteiger partial charge in [-0.1, -0.05) is 11.6 Å². The Kier molecular flexibility index (Phi) is 4.78. The number of rotatable bonds is 4. The van der Waals surface area contributed by atoms with Crippen LogP contribution in [0.3, 0.4) is 0 Å². The van der Waals surface area contributed by atoms with Crippen molar-refractivity contribution in [3.05, 3.63) is 44.8 Å². The zero-order chi connectivity index (χ0) is 17.3. The van der Waals surface area contributed by atoms with Crippen molar-refractivity contribution in [1.82, 2.24) is 0 Å². The lowest BCUT2D eigenvalue weighted by atomic mass is 10.1. The van der Waals surface area contributed by atoms with Crippen LogP contribution < -0.4 is 10.1 Å². The van der Waals surface area contributed by atoms with Crippen LogP contribution in [0, 0.1) is 0 Å². The van der Waals surface area contributed by atoms with Crippen LogP contribution in [-0.4, -0.2) is 26.1 Å². The number of aryl methyl sites for hydroxylation is 1. The molecule has 1 N–H and O–H groups in total. The fourth-order valence-electron chi connectivity index (χ4n) is 2.84. The van der Waals surface area contributed by atoms with E-state index < -0.39 is 5.97 Å². The Morgan fingerprint density at radius 1 is 1.25 bits per heavy atom. The van der Waals surface area contributed by atoms with Crippen molar-refractivity contribution in [2.45, 2.75) is 19.3 Å². The molecule has 5 nitrogen and oxygen atoms in total. The minimum atomic E-state index is -0.428. The molecule has 1 aromatic heterocycles. The molecule has 1 aliphatic rings. The maximum absolute atomic E-state index is 12.6. The Morgan fingerprint density at radius 2 is 2.04 bits per heavy atom. The molecule has 0 radical (unpaired) electrons. The summed E-state index contributed by atoms with van der Waals surface area (Å²) in [6.07, 6.45) is 2.76. The molecule has 0 saturated heterocycles. The molecule has 1 heterocycles. The molecule has 1 amide bonds. The highest BCUT2D eigenvalue weighted by Gasteiger charge is 2.28. The number of halogens is 1. The van der Waals surface area contributed by atoms with Crippen LogP contribution >= 0.6 is 22.9 Å². The van der Waals surface area contributed by atoms with Crippen LogP contribution in [0.15, 0.2) is 18.2 Å². The van der Waals surface area contributed by atoms with Gasteiger partial charge in [-0.3, -0.25) is 4.79 Å². The van der Waals surface area contributed by atoms with E-state index in [0.717, 1.165) is 29.7 Å². The summed E-state index contributed by atoms with van der Waals surface area (Å²) in [4.78, 5) is 25.9. The number of thiophene rings is 1. The molecule has 0 fully saturated rings. The van der Waals surface area contributed by atoms with Gasteiger partial charge >= 0.3 is 5.97 Å². The van der Waals surface area contributed by atoms with Crippen LogP contribution in [0.5, 0.6) is 5.75 Å². The summed E-state index contributed by atoms with van der Waals surface area (Å²) >= 11 is 7.41. The van der Waals surface area contributed by atoms with Crippen LogP contribution in [0.2, 0.25) is 5.02 Å². The Morgan fingerprint density at radius 3 is 2.75 bits per heavy atom. The minimum absolute atomic E-state index is 0.314. The first kappa shape index (κ1) is 16.8. The molecule has 1 aliphatic carbocycles. The monoisotopic (exact) mass is 365 g/mol. The first-order chi connectivity index (χ1) is 11.5. The summed E-state index contributed by atoms with van der Waals surface area (Å²) in [7, 11) is 2.83. The number of carbonyl (C=O) groups is 2. The Hall–Kier alpha value is -2.05. The lowest BCUT2D eigenvalue weighted by Gasteiger charge is -2.10. The third-order valence-electron chi connectivity index (χ3n) is 3.94. The summed E-state index contributed by atoms with van der Waals surface area (Å²) in [6, 6.07) is 4.82. The van der Waals surface area contributed by atoms with Gasteiger partial charge in [-0.2, -0.15) is 0 Å². The molecule has 7 heteroatoms. The number of amides is 1. The summed E-state index contributed by atoms with van der Waals surface area (Å²) < 4.78 is 10.1. The summed E-state index contributed by atoms with van der Waals surface area (Å²) in [5.74, 6) is -0.386. The molecule has 126 valence electrons. The molecule has 2 aromatic rings. The maximum atomic E-state index is 12.6. The van der Waals surface area contributed by atoms with E-state index in [1.807, 2.05) is 0 Å². The van der Waals surface area contributed by atoms with Gasteiger partial charge in [0.2, 0.25) is 0 Å². The van der Waals surface area contributed by atoms with Gasteiger partial charge in [-0.15, -0.1) is 11.3 Å². The van der Waals surface area contributed by atoms with E-state index in [-0.39, 0.29) is 5.91 Å². The molecule has 0 bridgehead atoms. The molecular weight excluding hydrogens is 350 g/mol. The van der Waals surface area contributed by atoms with Crippen molar-refractivity contribution in [2.75, 3.05) is 19.5 Å². The number of hydrogen-bond donors (Lipinski definition) is 1. The Balaban J connectivity index is 1.96. The zero-order valence-electron chi connectivity index (χ0n) is 13.3. The highest BCUT2D eigenvalue weighted by atomic mass is 35.5. The van der Waals surface area contributed by atoms with E-state index in [1.165, 1.54) is 31.6 Å². The Labute approximate surface area is 148 Å². The highest BCUT2D eigenvalue weighted by Crippen LogP contribution is 2.40. The van der Waals surface area contributed by atoms with Crippen molar-refractivity contribution in [3.63, 3.8) is 0 Å². The smallest absolute Gasteiger partial charge is 0.341 e. The van der Waals surface area contributed by atoms with E-state index in [2.05, 4.69) is 5.32 Å². The number of ether oxygens (including phenoxy) is 2. The van der Waals surface area contributed by atoms with Gasteiger partial charge in [0.25, 0.3) is 5.91 Å². The van der Waals surface area contributed by atoms with Crippen molar-refractivity contribution in [3.8, 4) is 5.75 Å². The lowest BCUT2D eigenvalue weighted by Crippen LogP contribution is -2.15. The summed E-state index contributed by atoms with van der Waals surface area (Å²) in [5, 5.41) is 3.76. The summed E-state index contributed by atoms with van der Waals surface area (Å²) in [5.41, 5.74) is 1.76. The molecule has 0 saturated carbocycles. The molecule has 1 aromatic carbocycles. The van der Waals surface area contributed by atoms with Crippen LogP contribution in [0.4, 0.5) is 5.00 Å². The number of carbonyl (C=O) groups excluding carboxylic acids is 2. The second-order valence-electron chi connectivity index (χ2n) is 5.35. The number of methoxy groups -OCH3 is 2. The SMILES string of the molecule is COC(=O)c1c(NC(=O)c2cc(Cl)ccc2OC)sc2c1CCC2. The van der Waals surface area contributed by atoms with Crippen molar-refractivity contribution in [1.29, 1.82) is 0 Å². The number of anilines is 1. The standard InChI is InChI=1S/C17H16ClNO4S/c1-22-12-7-6-9(18)8-11(12)15(20)19-16-14(17(21)23-2)10-4-3-5-13(10)24-16/h6-8H,3-5H2,1-2H3,(H,19,20). The van der Waals surface area contributed by atoms with E-state index in [4.69, 9.17) is 21.1 Å². The first-order valence-corrected chi connectivity index (χ1v) is 8.62. The van der Waals surface area contributed by atoms with Gasteiger partial charge in [0.05, 0.1) is 25.3 Å². The largest absolute Gasteiger partial charge is 0.496 e. The fourth-order valence-corrected chi connectivity index (χ4v) is 4.28. The predicted octanol–water partition coefficient (Wildman–Crippen LogP) is 3.94. The van der Waals surface area contributed by atoms with Crippen LogP contribution in [0.25, 0.3) is 0 Å². The molecule has 0 aliphatic heterocycles. The van der Waals surface area contributed by atoms with E-state index >= 15 is 0 Å². The average Bonchev–Trinajstić information content (AvgIpc) is 3.14. The minimum Gasteiger partial charge on any atom is -0.496 e. The van der Waals surface area contributed by atoms with Gasteiger partial charge in [0, 0.05) is 9.90 Å². The van der Waals surface area contributed by atoms with Crippen LogP contribution in [-0.2, 0) is 17.6 Å². The van der Waals surface area contributed by atoms with E-state index in [1.54, 1.807) is 12.1 Å². The third-order valence-corrected chi connectivity index (χ3v) is 5.39. The van der Waals surface area contributed by atoms with Gasteiger partial charge in [-0.05, 0) is 43.0 Å². The molecular formula is C17H16ClNO4S. The number of nitrogens with one attached hydrogen (secondary N) is 1. The van der Waals surface area contributed by atoms with E-state index in [0.29, 0.717) is 26.9 Å². The van der Waals surface area contributed by atoms with Gasteiger partial charge < -0.3 is 14.8 Å². The number of fused-ring (bicyclic) bond motifs is 1. The maximum Gasteiger partial charge on any atom is 0.341 e. The highest BCUT2D eigenvalue weighted by molar-refractivity contribution is 7.17. The number of benzene rings is 1. The van der Waals surface area contributed by atoms with Gasteiger partial charge in [-0.25, -0.2) is 4.79 Å². The molecule has 0 unspecified atom stereocenters. The zero-order valence-corrected chi connectivity index (χ0v) is 14.8. The summed E-state index contributed by atoms with van der Waals surface area (Å²) in [6.45, 7) is 0. The second kappa shape index (κ2) is 6.83. The first-order valence-electron chi connectivity index (χ1n) is 7.43. The number of esters is 1. The molecule has 0 spiro atoms.